The Morgan fingerprint density at radius 2 is 1.80 bits per heavy atom. The average molecular weight is 619 g/mol. The van der Waals surface area contributed by atoms with Crippen LogP contribution in [-0.4, -0.2) is 81.9 Å². The van der Waals surface area contributed by atoms with Gasteiger partial charge >= 0.3 is 0 Å². The predicted molar refractivity (Wildman–Crippen MR) is 172 cm³/mol. The van der Waals surface area contributed by atoms with Crippen molar-refractivity contribution in [3.8, 4) is 11.5 Å². The summed E-state index contributed by atoms with van der Waals surface area (Å²) in [6.07, 6.45) is 10.7. The molecule has 9 nitrogen and oxygen atoms in total. The van der Waals surface area contributed by atoms with Crippen LogP contribution in [0.4, 0.5) is 10.2 Å². The van der Waals surface area contributed by atoms with Crippen LogP contribution in [0.2, 0.25) is 0 Å². The lowest BCUT2D eigenvalue weighted by Gasteiger charge is -2.55. The molecule has 0 atom stereocenters. The largest absolute Gasteiger partial charge is 0.451 e. The van der Waals surface area contributed by atoms with E-state index in [4.69, 9.17) is 4.74 Å². The summed E-state index contributed by atoms with van der Waals surface area (Å²) < 4.78 is 20.6. The summed E-state index contributed by atoms with van der Waals surface area (Å²) in [4.78, 5) is 40.9. The van der Waals surface area contributed by atoms with E-state index in [-0.39, 0.29) is 40.4 Å². The van der Waals surface area contributed by atoms with Crippen molar-refractivity contribution >= 4 is 17.6 Å². The van der Waals surface area contributed by atoms with Crippen LogP contribution in [0.1, 0.15) is 83.0 Å². The number of ether oxygens (including phenoxy) is 1. The van der Waals surface area contributed by atoms with Gasteiger partial charge in [0, 0.05) is 54.7 Å². The highest BCUT2D eigenvalue weighted by molar-refractivity contribution is 5.97. The normalized spacial score (nSPS) is 24.8. The van der Waals surface area contributed by atoms with Crippen molar-refractivity contribution in [2.24, 2.45) is 11.3 Å². The first-order chi connectivity index (χ1) is 21.5. The van der Waals surface area contributed by atoms with Crippen molar-refractivity contribution in [3.05, 3.63) is 54.3 Å². The van der Waals surface area contributed by atoms with Crippen LogP contribution in [0.25, 0.3) is 0 Å². The number of rotatable bonds is 8. The summed E-state index contributed by atoms with van der Waals surface area (Å²) in [7, 11) is 0. The lowest BCUT2D eigenvalue weighted by Crippen LogP contribution is -2.61. The molecule has 6 rings (SSSR count). The maximum absolute atomic E-state index is 14.4. The summed E-state index contributed by atoms with van der Waals surface area (Å²) in [6, 6.07) is 3.97. The molecule has 2 spiro atoms. The number of benzene rings is 1. The molecule has 3 saturated heterocycles. The van der Waals surface area contributed by atoms with Crippen LogP contribution >= 0.6 is 0 Å². The van der Waals surface area contributed by atoms with Crippen LogP contribution in [0.15, 0.2) is 42.9 Å². The quantitative estimate of drug-likeness (QED) is 0.387. The van der Waals surface area contributed by atoms with Crippen molar-refractivity contribution in [1.82, 2.24) is 25.1 Å². The lowest BCUT2D eigenvalue weighted by atomic mass is 9.71. The Morgan fingerprint density at radius 1 is 1.11 bits per heavy atom. The SMILES string of the molecule is C=C1C[C@]2(CC[C@@H](CN3CCC4(CC3)CN(c3ncncc3Oc3ccc(F)cc3C(=O)N(C(C)C)C(C)C)C4)CC2)NC1=O. The van der Waals surface area contributed by atoms with Gasteiger partial charge in [0.05, 0.1) is 11.8 Å². The van der Waals surface area contributed by atoms with Crippen LogP contribution in [0.3, 0.4) is 0 Å². The van der Waals surface area contributed by atoms with Gasteiger partial charge in [0.25, 0.3) is 5.91 Å². The molecule has 4 fully saturated rings. The van der Waals surface area contributed by atoms with Crippen LogP contribution in [-0.2, 0) is 4.79 Å². The zero-order valence-corrected chi connectivity index (χ0v) is 27.1. The van der Waals surface area contributed by atoms with E-state index in [1.807, 2.05) is 27.7 Å². The summed E-state index contributed by atoms with van der Waals surface area (Å²) >= 11 is 0. The van der Waals surface area contributed by atoms with Crippen LogP contribution in [0, 0.1) is 17.2 Å². The molecule has 1 saturated carbocycles. The number of carbonyl (C=O) groups is 2. The second-order valence-electron chi connectivity index (χ2n) is 14.5. The molecule has 0 unspecified atom stereocenters. The smallest absolute Gasteiger partial charge is 0.258 e. The van der Waals surface area contributed by atoms with E-state index >= 15 is 0 Å². The van der Waals surface area contributed by atoms with Gasteiger partial charge in [0.1, 0.15) is 17.9 Å². The number of nitrogens with one attached hydrogen (secondary N) is 1. The van der Waals surface area contributed by atoms with E-state index in [2.05, 4.69) is 31.7 Å². The molecule has 4 aliphatic rings. The van der Waals surface area contributed by atoms with E-state index in [1.165, 1.54) is 24.5 Å². The Morgan fingerprint density at radius 3 is 2.42 bits per heavy atom. The number of anilines is 1. The minimum absolute atomic E-state index is 0.0358. The highest BCUT2D eigenvalue weighted by Crippen LogP contribution is 2.46. The van der Waals surface area contributed by atoms with Gasteiger partial charge in [-0.1, -0.05) is 6.58 Å². The van der Waals surface area contributed by atoms with Gasteiger partial charge in [-0.25, -0.2) is 14.4 Å². The van der Waals surface area contributed by atoms with Gasteiger partial charge < -0.3 is 24.8 Å². The average Bonchev–Trinajstić information content (AvgIpc) is 3.26. The van der Waals surface area contributed by atoms with E-state index in [0.29, 0.717) is 23.2 Å². The van der Waals surface area contributed by atoms with E-state index < -0.39 is 5.82 Å². The van der Waals surface area contributed by atoms with Gasteiger partial charge in [-0.05, 0) is 103 Å². The molecule has 1 aromatic carbocycles. The fraction of sp³-hybridized carbons (Fsp3) is 0.600. The number of hydrogen-bond acceptors (Lipinski definition) is 7. The molecule has 10 heteroatoms. The van der Waals surface area contributed by atoms with Crippen molar-refractivity contribution < 1.29 is 18.7 Å². The number of nitrogens with zero attached hydrogens (tertiary/aromatic N) is 5. The predicted octanol–water partition coefficient (Wildman–Crippen LogP) is 5.57. The Labute approximate surface area is 266 Å². The highest BCUT2D eigenvalue weighted by Gasteiger charge is 2.47. The van der Waals surface area contributed by atoms with E-state index in [1.54, 1.807) is 11.1 Å². The first kappa shape index (κ1) is 31.5. The summed E-state index contributed by atoms with van der Waals surface area (Å²) in [5.41, 5.74) is 1.15. The summed E-state index contributed by atoms with van der Waals surface area (Å²) in [5, 5.41) is 3.22. The number of likely N-dealkylation sites (tertiary alicyclic amines) is 1. The van der Waals surface area contributed by atoms with Crippen molar-refractivity contribution in [3.63, 3.8) is 0 Å². The molecule has 4 heterocycles. The third-order valence-electron chi connectivity index (χ3n) is 10.5. The minimum atomic E-state index is -0.486. The molecular weight excluding hydrogens is 571 g/mol. The molecule has 1 aromatic heterocycles. The van der Waals surface area contributed by atoms with Gasteiger partial charge in [0.2, 0.25) is 5.91 Å². The second kappa shape index (κ2) is 12.3. The summed E-state index contributed by atoms with van der Waals surface area (Å²) in [6.45, 7) is 16.9. The van der Waals surface area contributed by atoms with Crippen molar-refractivity contribution in [2.75, 3.05) is 37.6 Å². The van der Waals surface area contributed by atoms with Crippen molar-refractivity contribution in [2.45, 2.75) is 90.3 Å². The molecule has 242 valence electrons. The monoisotopic (exact) mass is 618 g/mol. The number of hydrogen-bond donors (Lipinski definition) is 1. The number of halogens is 1. The number of amides is 2. The number of carbonyl (C=O) groups excluding carboxylic acids is 2. The van der Waals surface area contributed by atoms with E-state index in [9.17, 15) is 14.0 Å². The fourth-order valence-electron chi connectivity index (χ4n) is 8.08. The fourth-order valence-corrected chi connectivity index (χ4v) is 8.08. The second-order valence-corrected chi connectivity index (χ2v) is 14.5. The molecule has 1 N–H and O–H groups in total. The van der Waals surface area contributed by atoms with Crippen LogP contribution in [0.5, 0.6) is 11.5 Å². The lowest BCUT2D eigenvalue weighted by molar-refractivity contribution is -0.117. The third kappa shape index (κ3) is 6.44. The molecular formula is C35H47FN6O3. The zero-order valence-electron chi connectivity index (χ0n) is 27.1. The highest BCUT2D eigenvalue weighted by atomic mass is 19.1. The maximum Gasteiger partial charge on any atom is 0.258 e. The molecule has 3 aliphatic heterocycles. The Hall–Kier alpha value is -3.53. The molecule has 1 aliphatic carbocycles. The van der Waals surface area contributed by atoms with Gasteiger partial charge in [-0.2, -0.15) is 0 Å². The van der Waals surface area contributed by atoms with Gasteiger partial charge in [0.15, 0.2) is 11.6 Å². The summed E-state index contributed by atoms with van der Waals surface area (Å²) in [5.74, 6) is 1.42. The maximum atomic E-state index is 14.4. The Bertz CT molecular complexity index is 1410. The Balaban J connectivity index is 1.05. The topological polar surface area (TPSA) is 90.9 Å². The number of aromatic nitrogens is 2. The Kier molecular flexibility index (Phi) is 8.63. The molecule has 0 bridgehead atoms. The first-order valence-corrected chi connectivity index (χ1v) is 16.5. The third-order valence-corrected chi connectivity index (χ3v) is 10.5. The van der Waals surface area contributed by atoms with Crippen molar-refractivity contribution in [1.29, 1.82) is 0 Å². The number of piperidine rings is 1. The molecule has 0 radical (unpaired) electrons. The van der Waals surface area contributed by atoms with E-state index in [0.717, 1.165) is 83.2 Å². The zero-order chi connectivity index (χ0) is 31.9. The molecule has 2 aromatic rings. The first-order valence-electron chi connectivity index (χ1n) is 16.5. The van der Waals surface area contributed by atoms with Gasteiger partial charge in [-0.3, -0.25) is 9.59 Å². The standard InChI is InChI=1S/C35H47FN6O3/c1-23(2)42(24(3)4)33(44)28-16-27(36)6-7-29(28)45-30-18-37-22-38-31(30)41-20-34(21-41)12-14-40(15-13-34)19-26-8-10-35(11-9-26)17-25(5)32(43)39-35/h6-7,16,18,22-24,26H,5,8-15,17,19-21H2,1-4H3,(H,39,43)/t26-,35-. The molecule has 2 amide bonds. The molecule has 45 heavy (non-hydrogen) atoms. The minimum Gasteiger partial charge on any atom is -0.451 e. The van der Waals surface area contributed by atoms with Crippen LogP contribution < -0.4 is 15.0 Å². The van der Waals surface area contributed by atoms with Gasteiger partial charge in [-0.15, -0.1) is 0 Å².